The van der Waals surface area contributed by atoms with Crippen LogP contribution in [0.3, 0.4) is 0 Å². The van der Waals surface area contributed by atoms with E-state index in [0.717, 1.165) is 0 Å². The van der Waals surface area contributed by atoms with Crippen molar-refractivity contribution in [2.24, 2.45) is 0 Å². The molecule has 25 aromatic rings. The van der Waals surface area contributed by atoms with Gasteiger partial charge >= 0.3 is 0 Å². The van der Waals surface area contributed by atoms with Crippen LogP contribution in [-0.2, 0) is 0 Å². The van der Waals surface area contributed by atoms with Crippen molar-refractivity contribution in [2.45, 2.75) is 0 Å². The SMILES string of the molecule is c1ccc(-n2c3ccccc3c3c(-c4ccccc4-c4ccc5c6ccccc6c6ccccc6c5c4)cccc32)cc1.c1ccc(-n2c3ccccc3c3ccc(-c4ccc5c6ccccc6c6ccccc6c5c4)cc32)cc1.c1ccc2cc(-c3ccc4c5ccc(-c6ccc7ccccc7c6)cc5c5ccccc5c4c3)ccc2c1. The lowest BCUT2D eigenvalue weighted by Crippen LogP contribution is -1.93. The molecule has 0 spiro atoms. The molecule has 2 nitrogen and oxygen atoms in total. The van der Waals surface area contributed by atoms with E-state index in [1.807, 2.05) is 0 Å². The summed E-state index contributed by atoms with van der Waals surface area (Å²) in [6.45, 7) is 0. The molecule has 25 rings (SSSR count). The lowest BCUT2D eigenvalue weighted by atomic mass is 9.89. The molecule has 0 fully saturated rings. The predicted octanol–water partition coefficient (Wildman–Crippen LogP) is 32.3. The van der Waals surface area contributed by atoms with Gasteiger partial charge in [-0.15, -0.1) is 0 Å². The maximum absolute atomic E-state index is 2.40. The minimum atomic E-state index is 1.17. The first-order chi connectivity index (χ1) is 58.5. The third-order valence-corrected chi connectivity index (χ3v) is 24.8. The third kappa shape index (κ3) is 11.4. The van der Waals surface area contributed by atoms with E-state index in [9.17, 15) is 0 Å². The second-order valence-electron chi connectivity index (χ2n) is 31.2. The van der Waals surface area contributed by atoms with Gasteiger partial charge < -0.3 is 9.13 Å². The zero-order chi connectivity index (χ0) is 77.7. The fraction of sp³-hybridized carbons (Fsp3) is 0. The highest BCUT2D eigenvalue weighted by Gasteiger charge is 2.21. The van der Waals surface area contributed by atoms with Gasteiger partial charge in [-0.2, -0.15) is 0 Å². The normalized spacial score (nSPS) is 11.7. The van der Waals surface area contributed by atoms with E-state index in [4.69, 9.17) is 0 Å². The van der Waals surface area contributed by atoms with Crippen LogP contribution in [0.4, 0.5) is 0 Å². The number of para-hydroxylation sites is 4. The van der Waals surface area contributed by atoms with Crippen molar-refractivity contribution in [1.82, 2.24) is 9.13 Å². The summed E-state index contributed by atoms with van der Waals surface area (Å²) in [5.41, 5.74) is 19.7. The lowest BCUT2D eigenvalue weighted by Gasteiger charge is -2.15. The van der Waals surface area contributed by atoms with Crippen LogP contribution in [0.1, 0.15) is 0 Å². The number of hydrogen-bond donors (Lipinski definition) is 0. The third-order valence-electron chi connectivity index (χ3n) is 24.8. The molecular weight excluding hydrogens is 1420 g/mol. The smallest absolute Gasteiger partial charge is 0.0547 e. The molecule has 0 aliphatic rings. The largest absolute Gasteiger partial charge is 0.309 e. The van der Waals surface area contributed by atoms with Crippen molar-refractivity contribution >= 4 is 162 Å². The molecule has 0 N–H and O–H groups in total. The van der Waals surface area contributed by atoms with Crippen LogP contribution in [0.2, 0.25) is 0 Å². The van der Waals surface area contributed by atoms with Crippen LogP contribution in [0, 0.1) is 0 Å². The van der Waals surface area contributed by atoms with Gasteiger partial charge in [-0.25, -0.2) is 0 Å². The van der Waals surface area contributed by atoms with Gasteiger partial charge in [0.15, 0.2) is 0 Å². The Morgan fingerprint density at radius 3 is 0.822 bits per heavy atom. The molecular formula is C116H74N2. The quantitative estimate of drug-likeness (QED) is 0.141. The fourth-order valence-corrected chi connectivity index (χ4v) is 19.3. The molecule has 23 aromatic carbocycles. The topological polar surface area (TPSA) is 9.86 Å². The first kappa shape index (κ1) is 68.1. The summed E-state index contributed by atoms with van der Waals surface area (Å²) < 4.78 is 4.78. The molecule has 0 aliphatic carbocycles. The van der Waals surface area contributed by atoms with Crippen molar-refractivity contribution in [3.05, 3.63) is 449 Å². The molecule has 0 unspecified atom stereocenters. The number of hydrogen-bond acceptors (Lipinski definition) is 0. The molecule has 0 saturated carbocycles. The van der Waals surface area contributed by atoms with Gasteiger partial charge in [0.25, 0.3) is 0 Å². The number of benzene rings is 23. The van der Waals surface area contributed by atoms with Crippen LogP contribution in [0.15, 0.2) is 449 Å². The van der Waals surface area contributed by atoms with Crippen molar-refractivity contribution in [1.29, 1.82) is 0 Å². The van der Waals surface area contributed by atoms with Gasteiger partial charge in [0, 0.05) is 32.9 Å². The number of nitrogens with zero attached hydrogens (tertiary/aromatic N) is 2. The van der Waals surface area contributed by atoms with Crippen LogP contribution >= 0.6 is 0 Å². The van der Waals surface area contributed by atoms with Gasteiger partial charge in [-0.3, -0.25) is 0 Å². The van der Waals surface area contributed by atoms with Gasteiger partial charge in [-0.1, -0.05) is 364 Å². The minimum Gasteiger partial charge on any atom is -0.309 e. The summed E-state index contributed by atoms with van der Waals surface area (Å²) in [6.07, 6.45) is 0. The average molecular weight is 1500 g/mol. The summed E-state index contributed by atoms with van der Waals surface area (Å²) >= 11 is 0. The minimum absolute atomic E-state index is 1.17. The molecule has 2 heteroatoms. The van der Waals surface area contributed by atoms with Gasteiger partial charge in [0.1, 0.15) is 0 Å². The molecule has 2 aromatic heterocycles. The summed E-state index contributed by atoms with van der Waals surface area (Å²) in [4.78, 5) is 0. The van der Waals surface area contributed by atoms with Gasteiger partial charge in [0.05, 0.1) is 22.1 Å². The Balaban J connectivity index is 0.000000104. The first-order valence-electron chi connectivity index (χ1n) is 40.8. The highest BCUT2D eigenvalue weighted by atomic mass is 15.0. The van der Waals surface area contributed by atoms with E-state index in [2.05, 4.69) is 458 Å². The summed E-state index contributed by atoms with van der Waals surface area (Å²) in [6, 6.07) is 164. The molecule has 0 bridgehead atoms. The van der Waals surface area contributed by atoms with Crippen molar-refractivity contribution in [3.8, 4) is 67.0 Å². The van der Waals surface area contributed by atoms with E-state index in [1.165, 1.54) is 229 Å². The Bertz CT molecular complexity index is 8120. The van der Waals surface area contributed by atoms with Gasteiger partial charge in [-0.05, 0) is 259 Å². The lowest BCUT2D eigenvalue weighted by molar-refractivity contribution is 1.18. The predicted molar refractivity (Wildman–Crippen MR) is 508 cm³/mol. The second-order valence-corrected chi connectivity index (χ2v) is 31.2. The second kappa shape index (κ2) is 28.3. The van der Waals surface area contributed by atoms with E-state index in [1.54, 1.807) is 0 Å². The monoisotopic (exact) mass is 1490 g/mol. The fourth-order valence-electron chi connectivity index (χ4n) is 19.3. The van der Waals surface area contributed by atoms with Crippen LogP contribution in [-0.4, -0.2) is 9.13 Å². The molecule has 118 heavy (non-hydrogen) atoms. The van der Waals surface area contributed by atoms with Crippen molar-refractivity contribution < 1.29 is 0 Å². The van der Waals surface area contributed by atoms with E-state index in [0.29, 0.717) is 0 Å². The van der Waals surface area contributed by atoms with Crippen molar-refractivity contribution in [3.63, 3.8) is 0 Å². The standard InChI is InChI=1S/C42H27N.C38H24.C36H23N/c1-2-13-29(14-3-1)43-40-23-11-10-21-38(40)42-37(22-12-24-41(42)43)31-16-5-4-15-30(31)28-25-26-36-34-19-7-6-17-32(34)33-18-8-9-20-35(33)39(36)27-28;1-3-9-27-21-29(15-13-25(27)7-1)31-17-19-35-36-20-18-32(30-16-14-26-8-2-4-10-28(26)22-30)24-38(36)34-12-6-5-11-33(34)37(35)23-31;1-2-10-26(11-3-1)37-35-17-9-8-16-32(35)33-21-19-25(23-36(33)37)24-18-20-31-29-14-5-4-12-27(29)28-13-6-7-15-30(28)34(31)22-24/h1-27H;1-24H;1-23H. The summed E-state index contributed by atoms with van der Waals surface area (Å²) in [5.74, 6) is 0. The van der Waals surface area contributed by atoms with E-state index < -0.39 is 0 Å². The average Bonchev–Trinajstić information content (AvgIpc) is 1.64. The van der Waals surface area contributed by atoms with Crippen LogP contribution in [0.25, 0.3) is 229 Å². The van der Waals surface area contributed by atoms with E-state index >= 15 is 0 Å². The van der Waals surface area contributed by atoms with Crippen LogP contribution in [0.5, 0.6) is 0 Å². The highest BCUT2D eigenvalue weighted by Crippen LogP contribution is 2.47. The molecule has 0 atom stereocenters. The number of fused-ring (bicyclic) bond motifs is 26. The number of aromatic nitrogens is 2. The maximum atomic E-state index is 2.40. The molecule has 0 radical (unpaired) electrons. The Kier molecular flexibility index (Phi) is 16.3. The molecule has 0 aliphatic heterocycles. The Labute approximate surface area is 682 Å². The Hall–Kier alpha value is -15.5. The molecule has 548 valence electrons. The Morgan fingerprint density at radius 1 is 0.119 bits per heavy atom. The molecule has 2 heterocycles. The maximum Gasteiger partial charge on any atom is 0.0547 e. The van der Waals surface area contributed by atoms with Crippen LogP contribution < -0.4 is 0 Å². The highest BCUT2D eigenvalue weighted by molar-refractivity contribution is 6.29. The Morgan fingerprint density at radius 2 is 0.381 bits per heavy atom. The van der Waals surface area contributed by atoms with Gasteiger partial charge in [0.2, 0.25) is 0 Å². The summed E-state index contributed by atoms with van der Waals surface area (Å²) in [7, 11) is 0. The molecule has 0 saturated heterocycles. The number of rotatable bonds is 7. The van der Waals surface area contributed by atoms with Crippen molar-refractivity contribution in [2.75, 3.05) is 0 Å². The zero-order valence-corrected chi connectivity index (χ0v) is 64.6. The molecule has 0 amide bonds. The summed E-state index contributed by atoms with van der Waals surface area (Å²) in [5, 5.41) is 33.6. The zero-order valence-electron chi connectivity index (χ0n) is 64.6. The first-order valence-corrected chi connectivity index (χ1v) is 40.8. The van der Waals surface area contributed by atoms with E-state index in [-0.39, 0.29) is 0 Å².